The molecule has 0 N–H and O–H groups in total. The number of hydrogen-bond donors (Lipinski definition) is 0. The second-order valence-electron chi connectivity index (χ2n) is 9.61. The minimum Gasteiger partial charge on any atom is -0.381 e. The number of hydrogen-bond acceptors (Lipinski definition) is 6. The molecule has 2 aliphatic heterocycles. The summed E-state index contributed by atoms with van der Waals surface area (Å²) in [7, 11) is 2.06. The van der Waals surface area contributed by atoms with E-state index in [4.69, 9.17) is 4.74 Å². The third-order valence-corrected chi connectivity index (χ3v) is 8.54. The predicted molar refractivity (Wildman–Crippen MR) is 119 cm³/mol. The third-order valence-electron chi connectivity index (χ3n) is 7.44. The van der Waals surface area contributed by atoms with Gasteiger partial charge in [-0.15, -0.1) is 10.2 Å². The van der Waals surface area contributed by atoms with E-state index in [0.717, 1.165) is 93.3 Å². The molecule has 3 fully saturated rings. The maximum atomic E-state index is 12.8. The number of alkyl halides is 3. The van der Waals surface area contributed by atoms with Gasteiger partial charge in [0.25, 0.3) is 0 Å². The predicted octanol–water partition coefficient (Wildman–Crippen LogP) is 4.48. The smallest absolute Gasteiger partial charge is 0.381 e. The molecule has 10 heteroatoms. The summed E-state index contributed by atoms with van der Waals surface area (Å²) in [6.07, 6.45) is 2.32. The van der Waals surface area contributed by atoms with Crippen molar-refractivity contribution < 1.29 is 17.9 Å². The normalized spacial score (nSPS) is 26.4. The number of rotatable bonds is 7. The van der Waals surface area contributed by atoms with Crippen LogP contribution in [0.3, 0.4) is 0 Å². The Kier molecular flexibility index (Phi) is 6.43. The lowest BCUT2D eigenvalue weighted by Crippen LogP contribution is -2.23. The third kappa shape index (κ3) is 4.93. The first-order valence-electron chi connectivity index (χ1n) is 11.7. The van der Waals surface area contributed by atoms with E-state index in [2.05, 4.69) is 31.7 Å². The summed E-state index contributed by atoms with van der Waals surface area (Å²) in [5, 5.41) is 9.82. The number of pyridine rings is 1. The van der Waals surface area contributed by atoms with Crippen LogP contribution in [0.2, 0.25) is 0 Å². The van der Waals surface area contributed by atoms with E-state index in [1.807, 2.05) is 0 Å². The summed E-state index contributed by atoms with van der Waals surface area (Å²) >= 11 is 1.76. The molecular formula is C23H30F3N5OS. The van der Waals surface area contributed by atoms with Crippen LogP contribution in [0.5, 0.6) is 0 Å². The molecule has 1 aliphatic carbocycles. The van der Waals surface area contributed by atoms with Gasteiger partial charge in [0.15, 0.2) is 5.16 Å². The second-order valence-corrected chi connectivity index (χ2v) is 10.7. The standard InChI is InChI=1S/C23H30F3N5OS/c1-30-20(16-5-10-32-11-6-16)28-29-21(30)33-12-2-8-31-9-7-22(15-31)13-18(22)17-3-4-19(27-14-17)23(24,25)26/h3-4,14,16,18H,2,5-13,15H2,1H3. The van der Waals surface area contributed by atoms with E-state index >= 15 is 0 Å². The molecule has 180 valence electrons. The van der Waals surface area contributed by atoms with E-state index in [1.165, 1.54) is 6.20 Å². The van der Waals surface area contributed by atoms with Crippen molar-refractivity contribution in [2.24, 2.45) is 12.5 Å². The van der Waals surface area contributed by atoms with Crippen molar-refractivity contribution in [3.05, 3.63) is 35.4 Å². The zero-order valence-corrected chi connectivity index (χ0v) is 19.7. The van der Waals surface area contributed by atoms with Gasteiger partial charge in [-0.3, -0.25) is 4.98 Å². The molecule has 2 saturated heterocycles. The Morgan fingerprint density at radius 2 is 2.03 bits per heavy atom. The topological polar surface area (TPSA) is 56.1 Å². The zero-order valence-electron chi connectivity index (χ0n) is 18.9. The number of likely N-dealkylation sites (tertiary alicyclic amines) is 1. The van der Waals surface area contributed by atoms with E-state index in [9.17, 15) is 13.2 Å². The number of halogens is 3. The van der Waals surface area contributed by atoms with E-state index in [-0.39, 0.29) is 5.41 Å². The lowest BCUT2D eigenvalue weighted by atomic mass is 9.99. The molecule has 0 amide bonds. The Labute approximate surface area is 196 Å². The first-order valence-corrected chi connectivity index (χ1v) is 12.7. The van der Waals surface area contributed by atoms with Gasteiger partial charge in [-0.05, 0) is 68.2 Å². The van der Waals surface area contributed by atoms with Crippen LogP contribution < -0.4 is 0 Å². The molecule has 6 nitrogen and oxygen atoms in total. The fraction of sp³-hybridized carbons (Fsp3) is 0.696. The SMILES string of the molecule is Cn1c(SCCCN2CCC3(CC3c3ccc(C(F)(F)F)nc3)C2)nnc1C1CCOCC1. The van der Waals surface area contributed by atoms with Gasteiger partial charge in [-0.25, -0.2) is 0 Å². The van der Waals surface area contributed by atoms with Crippen LogP contribution in [0.15, 0.2) is 23.5 Å². The molecule has 33 heavy (non-hydrogen) atoms. The maximum Gasteiger partial charge on any atom is 0.433 e. The lowest BCUT2D eigenvalue weighted by Gasteiger charge is -2.21. The molecule has 2 aromatic heterocycles. The molecule has 0 radical (unpaired) electrons. The van der Waals surface area contributed by atoms with Crippen molar-refractivity contribution >= 4 is 11.8 Å². The fourth-order valence-electron chi connectivity index (χ4n) is 5.44. The van der Waals surface area contributed by atoms with Crippen molar-refractivity contribution in [3.8, 4) is 0 Å². The number of ether oxygens (including phenoxy) is 1. The minimum absolute atomic E-state index is 0.233. The highest BCUT2D eigenvalue weighted by molar-refractivity contribution is 7.99. The van der Waals surface area contributed by atoms with Crippen LogP contribution >= 0.6 is 11.8 Å². The summed E-state index contributed by atoms with van der Waals surface area (Å²) in [5.74, 6) is 2.85. The van der Waals surface area contributed by atoms with Gasteiger partial charge in [-0.1, -0.05) is 17.8 Å². The molecule has 2 unspecified atom stereocenters. The molecule has 1 spiro atoms. The van der Waals surface area contributed by atoms with Gasteiger partial charge in [-0.2, -0.15) is 13.2 Å². The van der Waals surface area contributed by atoms with Crippen molar-refractivity contribution in [2.45, 2.75) is 55.3 Å². The van der Waals surface area contributed by atoms with Gasteiger partial charge >= 0.3 is 6.18 Å². The Balaban J connectivity index is 1.06. The largest absolute Gasteiger partial charge is 0.433 e. The van der Waals surface area contributed by atoms with Gasteiger partial charge < -0.3 is 14.2 Å². The fourth-order valence-corrected chi connectivity index (χ4v) is 6.28. The minimum atomic E-state index is -4.38. The molecular weight excluding hydrogens is 451 g/mol. The molecule has 5 rings (SSSR count). The summed E-state index contributed by atoms with van der Waals surface area (Å²) < 4.78 is 45.9. The molecule has 1 saturated carbocycles. The molecule has 0 aromatic carbocycles. The highest BCUT2D eigenvalue weighted by Gasteiger charge is 2.57. The monoisotopic (exact) mass is 481 g/mol. The first kappa shape index (κ1) is 23.1. The summed E-state index contributed by atoms with van der Waals surface area (Å²) in [4.78, 5) is 6.15. The Morgan fingerprint density at radius 3 is 2.76 bits per heavy atom. The lowest BCUT2D eigenvalue weighted by molar-refractivity contribution is -0.141. The number of thioether (sulfide) groups is 1. The van der Waals surface area contributed by atoms with Crippen molar-refractivity contribution in [1.82, 2.24) is 24.6 Å². The van der Waals surface area contributed by atoms with Gasteiger partial charge in [0, 0.05) is 44.7 Å². The van der Waals surface area contributed by atoms with E-state index in [0.29, 0.717) is 11.8 Å². The van der Waals surface area contributed by atoms with Crippen molar-refractivity contribution in [3.63, 3.8) is 0 Å². The van der Waals surface area contributed by atoms with Crippen LogP contribution in [0.1, 0.15) is 61.0 Å². The van der Waals surface area contributed by atoms with Gasteiger partial charge in [0.05, 0.1) is 0 Å². The van der Waals surface area contributed by atoms with Crippen molar-refractivity contribution in [2.75, 3.05) is 38.6 Å². The Bertz CT molecular complexity index is 960. The average Bonchev–Trinajstić information content (AvgIpc) is 3.15. The van der Waals surface area contributed by atoms with Crippen molar-refractivity contribution in [1.29, 1.82) is 0 Å². The average molecular weight is 482 g/mol. The summed E-state index contributed by atoms with van der Waals surface area (Å²) in [6.45, 7) is 4.73. The number of aromatic nitrogens is 4. The van der Waals surface area contributed by atoms with Crippen LogP contribution in [0, 0.1) is 5.41 Å². The van der Waals surface area contributed by atoms with E-state index < -0.39 is 11.9 Å². The summed E-state index contributed by atoms with van der Waals surface area (Å²) in [6, 6.07) is 2.73. The highest BCUT2D eigenvalue weighted by Crippen LogP contribution is 2.64. The molecule has 2 atom stereocenters. The molecule has 3 aliphatic rings. The Hall–Kier alpha value is -1.65. The van der Waals surface area contributed by atoms with Gasteiger partial charge in [0.2, 0.25) is 0 Å². The maximum absolute atomic E-state index is 12.8. The van der Waals surface area contributed by atoms with Gasteiger partial charge in [0.1, 0.15) is 11.5 Å². The highest BCUT2D eigenvalue weighted by atomic mass is 32.2. The first-order chi connectivity index (χ1) is 15.9. The number of nitrogens with zero attached hydrogens (tertiary/aromatic N) is 5. The molecule has 0 bridgehead atoms. The van der Waals surface area contributed by atoms with E-state index in [1.54, 1.807) is 17.8 Å². The van der Waals surface area contributed by atoms with Crippen LogP contribution in [-0.4, -0.2) is 63.2 Å². The Morgan fingerprint density at radius 1 is 1.21 bits per heavy atom. The zero-order chi connectivity index (χ0) is 23.1. The van der Waals surface area contributed by atoms with Crippen LogP contribution in [-0.2, 0) is 18.0 Å². The second kappa shape index (κ2) is 9.19. The molecule has 2 aromatic rings. The summed E-state index contributed by atoms with van der Waals surface area (Å²) in [5.41, 5.74) is 0.369. The molecule has 4 heterocycles. The quantitative estimate of drug-likeness (QED) is 0.429. The van der Waals surface area contributed by atoms with Crippen LogP contribution in [0.25, 0.3) is 0 Å². The van der Waals surface area contributed by atoms with Crippen LogP contribution in [0.4, 0.5) is 13.2 Å².